The van der Waals surface area contributed by atoms with Gasteiger partial charge in [0.2, 0.25) is 0 Å². The highest BCUT2D eigenvalue weighted by Gasteiger charge is 2.53. The Balaban J connectivity index is 1.36. The Hall–Kier alpha value is -3.31. The summed E-state index contributed by atoms with van der Waals surface area (Å²) in [5, 5.41) is 2.78. The number of para-hydroxylation sites is 1. The molecule has 0 bridgehead atoms. The van der Waals surface area contributed by atoms with Gasteiger partial charge in [-0.2, -0.15) is 0 Å². The van der Waals surface area contributed by atoms with Crippen LogP contribution in [0.4, 0.5) is 16.2 Å². The predicted molar refractivity (Wildman–Crippen MR) is 124 cm³/mol. The Kier molecular flexibility index (Phi) is 4.91. The van der Waals surface area contributed by atoms with Crippen molar-refractivity contribution in [2.24, 2.45) is 0 Å². The van der Waals surface area contributed by atoms with Crippen molar-refractivity contribution in [3.8, 4) is 5.75 Å². The minimum absolute atomic E-state index is 0.00581. The van der Waals surface area contributed by atoms with Gasteiger partial charge in [-0.05, 0) is 47.9 Å². The third kappa shape index (κ3) is 3.55. The molecule has 1 unspecified atom stereocenters. The van der Waals surface area contributed by atoms with Crippen molar-refractivity contribution >= 4 is 17.5 Å². The van der Waals surface area contributed by atoms with E-state index in [9.17, 15) is 4.79 Å². The first-order valence-corrected chi connectivity index (χ1v) is 10.7. The number of rotatable bonds is 4. The number of likely N-dealkylation sites (N-methyl/N-ethyl adjacent to an activating group) is 1. The molecule has 0 aromatic heterocycles. The predicted octanol–water partition coefficient (Wildman–Crippen LogP) is 5.24. The smallest absolute Gasteiger partial charge is 0.410 e. The van der Waals surface area contributed by atoms with Crippen LogP contribution in [0.2, 0.25) is 0 Å². The van der Waals surface area contributed by atoms with Gasteiger partial charge in [-0.1, -0.05) is 55.5 Å². The van der Waals surface area contributed by atoms with Crippen LogP contribution in [0.15, 0.2) is 78.9 Å². The summed E-state index contributed by atoms with van der Waals surface area (Å²) in [6.45, 7) is 4.31. The van der Waals surface area contributed by atoms with Crippen LogP contribution in [0.3, 0.4) is 0 Å². The number of ether oxygens (including phenoxy) is 1. The molecule has 31 heavy (non-hydrogen) atoms. The van der Waals surface area contributed by atoms with Crippen LogP contribution in [-0.4, -0.2) is 30.8 Å². The first-order chi connectivity index (χ1) is 15.0. The molecule has 5 rings (SSSR count). The van der Waals surface area contributed by atoms with Crippen molar-refractivity contribution < 1.29 is 9.53 Å². The molecule has 3 aromatic carbocycles. The number of anilines is 2. The highest BCUT2D eigenvalue weighted by Crippen LogP contribution is 2.52. The Morgan fingerprint density at radius 1 is 1.06 bits per heavy atom. The van der Waals surface area contributed by atoms with Gasteiger partial charge < -0.3 is 9.64 Å². The van der Waals surface area contributed by atoms with Crippen molar-refractivity contribution in [2.75, 3.05) is 23.8 Å². The number of hydrogen-bond donors (Lipinski definition) is 1. The lowest BCUT2D eigenvalue weighted by molar-refractivity contribution is 0.213. The molecule has 1 N–H and O–H groups in total. The number of carbonyl (C=O) groups is 1. The molecule has 0 spiro atoms. The summed E-state index contributed by atoms with van der Waals surface area (Å²) < 4.78 is 5.61. The maximum atomic E-state index is 12.4. The minimum atomic E-state index is -0.476. The molecule has 158 valence electrons. The van der Waals surface area contributed by atoms with Crippen molar-refractivity contribution in [3.63, 3.8) is 0 Å². The molecule has 1 saturated heterocycles. The Bertz CT molecular complexity index is 1090. The van der Waals surface area contributed by atoms with E-state index in [1.165, 1.54) is 16.8 Å². The third-order valence-corrected chi connectivity index (χ3v) is 6.62. The van der Waals surface area contributed by atoms with Gasteiger partial charge in [-0.15, -0.1) is 0 Å². The van der Waals surface area contributed by atoms with E-state index in [4.69, 9.17) is 4.74 Å². The average Bonchev–Trinajstić information content (AvgIpc) is 3.21. The molecule has 0 saturated carbocycles. The van der Waals surface area contributed by atoms with Crippen LogP contribution in [0, 0.1) is 0 Å². The van der Waals surface area contributed by atoms with Crippen molar-refractivity contribution in [3.05, 3.63) is 90.0 Å². The number of likely N-dealkylation sites (tertiary alicyclic amines) is 1. The van der Waals surface area contributed by atoms with E-state index in [1.807, 2.05) is 42.5 Å². The van der Waals surface area contributed by atoms with Gasteiger partial charge in [-0.25, -0.2) is 4.79 Å². The largest absolute Gasteiger partial charge is 0.417 e. The van der Waals surface area contributed by atoms with E-state index in [0.717, 1.165) is 19.5 Å². The number of nitrogens with one attached hydrogen (secondary N) is 1. The van der Waals surface area contributed by atoms with Gasteiger partial charge >= 0.3 is 6.09 Å². The standard InChI is InChI=1S/C26H27N3O2/c1-26-15-16-29(18-19-9-5-3-6-10-19)24(26)28(2)23-14-13-21(17-22(23)26)31-25(30)27-20-11-7-4-8-12-20/h3-14,17,24H,15-16,18H2,1-2H3,(H,27,30)/t24?,26-/m0/s1. The monoisotopic (exact) mass is 413 g/mol. The first-order valence-electron chi connectivity index (χ1n) is 10.7. The second-order valence-corrected chi connectivity index (χ2v) is 8.67. The zero-order chi connectivity index (χ0) is 21.4. The van der Waals surface area contributed by atoms with Gasteiger partial charge in [0.15, 0.2) is 0 Å². The van der Waals surface area contributed by atoms with E-state index in [2.05, 4.69) is 65.5 Å². The van der Waals surface area contributed by atoms with E-state index in [0.29, 0.717) is 11.4 Å². The molecule has 5 heteroatoms. The molecule has 2 aliphatic rings. The van der Waals surface area contributed by atoms with Crippen LogP contribution in [0.5, 0.6) is 5.75 Å². The van der Waals surface area contributed by atoms with Crippen LogP contribution in [0.25, 0.3) is 0 Å². The number of fused-ring (bicyclic) bond motifs is 3. The van der Waals surface area contributed by atoms with Crippen molar-refractivity contribution in [1.82, 2.24) is 4.90 Å². The average molecular weight is 414 g/mol. The molecule has 2 atom stereocenters. The highest BCUT2D eigenvalue weighted by molar-refractivity contribution is 5.86. The van der Waals surface area contributed by atoms with E-state index in [1.54, 1.807) is 0 Å². The molecule has 2 heterocycles. The van der Waals surface area contributed by atoms with Gasteiger partial charge in [0.25, 0.3) is 0 Å². The van der Waals surface area contributed by atoms with Crippen LogP contribution in [0.1, 0.15) is 24.5 Å². The zero-order valence-electron chi connectivity index (χ0n) is 17.9. The summed E-state index contributed by atoms with van der Waals surface area (Å²) in [6, 6.07) is 26.0. The number of carbonyl (C=O) groups excluding carboxylic acids is 1. The summed E-state index contributed by atoms with van der Waals surface area (Å²) >= 11 is 0. The first kappa shape index (κ1) is 19.6. The molecular formula is C26H27N3O2. The fourth-order valence-corrected chi connectivity index (χ4v) is 5.21. The maximum absolute atomic E-state index is 12.4. The summed E-state index contributed by atoms with van der Waals surface area (Å²) in [5.41, 5.74) is 4.50. The molecule has 1 amide bonds. The number of benzene rings is 3. The molecular weight excluding hydrogens is 386 g/mol. The number of nitrogens with zero attached hydrogens (tertiary/aromatic N) is 2. The second kappa shape index (κ2) is 7.75. The second-order valence-electron chi connectivity index (χ2n) is 8.67. The summed E-state index contributed by atoms with van der Waals surface area (Å²) in [7, 11) is 2.17. The molecule has 2 aliphatic heterocycles. The highest BCUT2D eigenvalue weighted by atomic mass is 16.6. The SMILES string of the molecule is CN1c2ccc(OC(=O)Nc3ccccc3)cc2[C@]2(C)CCN(Cc3ccccc3)C12. The topological polar surface area (TPSA) is 44.8 Å². The fourth-order valence-electron chi connectivity index (χ4n) is 5.21. The number of hydrogen-bond acceptors (Lipinski definition) is 4. The van der Waals surface area contributed by atoms with Gasteiger partial charge in [0, 0.05) is 36.9 Å². The third-order valence-electron chi connectivity index (χ3n) is 6.62. The Labute approximate surface area is 183 Å². The molecule has 3 aromatic rings. The number of amides is 1. The lowest BCUT2D eigenvalue weighted by Crippen LogP contribution is -2.46. The van der Waals surface area contributed by atoms with Crippen LogP contribution >= 0.6 is 0 Å². The molecule has 0 aliphatic carbocycles. The summed E-state index contributed by atoms with van der Waals surface area (Å²) in [6.07, 6.45) is 0.883. The maximum Gasteiger partial charge on any atom is 0.417 e. The van der Waals surface area contributed by atoms with Crippen molar-refractivity contribution in [1.29, 1.82) is 0 Å². The summed E-state index contributed by atoms with van der Waals surface area (Å²) in [4.78, 5) is 17.3. The van der Waals surface area contributed by atoms with Gasteiger partial charge in [0.1, 0.15) is 5.75 Å². The normalized spacial score (nSPS) is 22.1. The lowest BCUT2D eigenvalue weighted by Gasteiger charge is -2.34. The molecule has 0 radical (unpaired) electrons. The van der Waals surface area contributed by atoms with Gasteiger partial charge in [-0.3, -0.25) is 10.2 Å². The van der Waals surface area contributed by atoms with E-state index in [-0.39, 0.29) is 11.6 Å². The van der Waals surface area contributed by atoms with Crippen LogP contribution < -0.4 is 15.0 Å². The van der Waals surface area contributed by atoms with Crippen LogP contribution in [-0.2, 0) is 12.0 Å². The van der Waals surface area contributed by atoms with Gasteiger partial charge in [0.05, 0.1) is 6.17 Å². The fraction of sp³-hybridized carbons (Fsp3) is 0.269. The van der Waals surface area contributed by atoms with E-state index < -0.39 is 6.09 Å². The summed E-state index contributed by atoms with van der Waals surface area (Å²) in [5.74, 6) is 0.573. The Morgan fingerprint density at radius 3 is 2.52 bits per heavy atom. The Morgan fingerprint density at radius 2 is 1.77 bits per heavy atom. The van der Waals surface area contributed by atoms with E-state index >= 15 is 0 Å². The zero-order valence-corrected chi connectivity index (χ0v) is 17.9. The minimum Gasteiger partial charge on any atom is -0.410 e. The quantitative estimate of drug-likeness (QED) is 0.636. The van der Waals surface area contributed by atoms with Crippen molar-refractivity contribution in [2.45, 2.75) is 31.5 Å². The molecule has 5 nitrogen and oxygen atoms in total. The molecule has 1 fully saturated rings. The lowest BCUT2D eigenvalue weighted by atomic mass is 9.81.